The van der Waals surface area contributed by atoms with Gasteiger partial charge < -0.3 is 5.32 Å². The monoisotopic (exact) mass is 303 g/mol. The topological polar surface area (TPSA) is 12.0 Å². The molecule has 0 aromatic heterocycles. The predicted octanol–water partition coefficient (Wildman–Crippen LogP) is 4.19. The largest absolute Gasteiger partial charge is 0.311 e. The summed E-state index contributed by atoms with van der Waals surface area (Å²) in [6.45, 7) is 6.14. The van der Waals surface area contributed by atoms with Crippen molar-refractivity contribution >= 4 is 27.5 Å². The van der Waals surface area contributed by atoms with E-state index in [9.17, 15) is 0 Å². The molecule has 0 radical (unpaired) electrons. The van der Waals surface area contributed by atoms with Gasteiger partial charge in [0.1, 0.15) is 0 Å². The molecule has 0 heterocycles. The Bertz CT molecular complexity index is 315. The molecule has 3 heteroatoms. The van der Waals surface area contributed by atoms with Gasteiger partial charge >= 0.3 is 0 Å². The van der Waals surface area contributed by atoms with Gasteiger partial charge in [0.15, 0.2) is 0 Å². The Kier molecular flexibility index (Phi) is 6.40. The standard InChI is InChI=1S/C13H19BrClN/c1-10(2)6-13(15)9-16-8-11-4-3-5-12(14)7-11/h3-5,7,10,13,16H,6,8-9H2,1-2H3. The fraction of sp³-hybridized carbons (Fsp3) is 0.538. The quantitative estimate of drug-likeness (QED) is 0.777. The molecule has 1 aromatic rings. The molecule has 0 spiro atoms. The van der Waals surface area contributed by atoms with Crippen molar-refractivity contribution in [1.82, 2.24) is 5.32 Å². The van der Waals surface area contributed by atoms with Crippen molar-refractivity contribution in [2.45, 2.75) is 32.2 Å². The first-order valence-corrected chi connectivity index (χ1v) is 6.90. The molecule has 0 fully saturated rings. The molecule has 0 bridgehead atoms. The van der Waals surface area contributed by atoms with Crippen LogP contribution in [0.25, 0.3) is 0 Å². The lowest BCUT2D eigenvalue weighted by molar-refractivity contribution is 0.533. The van der Waals surface area contributed by atoms with Crippen molar-refractivity contribution < 1.29 is 0 Å². The first-order chi connectivity index (χ1) is 7.58. The molecular weight excluding hydrogens is 286 g/mol. The molecule has 0 aliphatic carbocycles. The minimum Gasteiger partial charge on any atom is -0.311 e. The lowest BCUT2D eigenvalue weighted by Gasteiger charge is -2.13. The normalized spacial score (nSPS) is 13.1. The summed E-state index contributed by atoms with van der Waals surface area (Å²) in [5.74, 6) is 0.662. The maximum atomic E-state index is 6.20. The summed E-state index contributed by atoms with van der Waals surface area (Å²) >= 11 is 9.66. The molecule has 1 aromatic carbocycles. The van der Waals surface area contributed by atoms with Gasteiger partial charge in [0.05, 0.1) is 0 Å². The van der Waals surface area contributed by atoms with Crippen LogP contribution < -0.4 is 5.32 Å². The number of halogens is 2. The summed E-state index contributed by atoms with van der Waals surface area (Å²) in [6, 6.07) is 8.32. The van der Waals surface area contributed by atoms with Gasteiger partial charge in [-0.3, -0.25) is 0 Å². The molecule has 1 N–H and O–H groups in total. The van der Waals surface area contributed by atoms with Gasteiger partial charge in [0, 0.05) is 22.9 Å². The van der Waals surface area contributed by atoms with Crippen LogP contribution in [0.1, 0.15) is 25.8 Å². The summed E-state index contributed by atoms with van der Waals surface area (Å²) in [7, 11) is 0. The van der Waals surface area contributed by atoms with Gasteiger partial charge in [-0.25, -0.2) is 0 Å². The molecule has 1 atom stereocenters. The second-order valence-electron chi connectivity index (χ2n) is 4.49. The van der Waals surface area contributed by atoms with E-state index < -0.39 is 0 Å². The van der Waals surface area contributed by atoms with Crippen LogP contribution in [0, 0.1) is 5.92 Å². The van der Waals surface area contributed by atoms with Gasteiger partial charge in [0.25, 0.3) is 0 Å². The van der Waals surface area contributed by atoms with Crippen molar-refractivity contribution in [2.75, 3.05) is 6.54 Å². The van der Waals surface area contributed by atoms with Gasteiger partial charge in [-0.1, -0.05) is 41.9 Å². The molecule has 1 nitrogen and oxygen atoms in total. The number of benzene rings is 1. The van der Waals surface area contributed by atoms with E-state index in [0.717, 1.165) is 24.0 Å². The molecule has 0 saturated carbocycles. The molecule has 1 unspecified atom stereocenters. The highest BCUT2D eigenvalue weighted by molar-refractivity contribution is 9.10. The van der Waals surface area contributed by atoms with E-state index >= 15 is 0 Å². The maximum absolute atomic E-state index is 6.20. The molecule has 1 rings (SSSR count). The van der Waals surface area contributed by atoms with Crippen molar-refractivity contribution in [2.24, 2.45) is 5.92 Å². The minimum absolute atomic E-state index is 0.229. The lowest BCUT2D eigenvalue weighted by atomic mass is 10.1. The van der Waals surface area contributed by atoms with Crippen LogP contribution in [0.4, 0.5) is 0 Å². The Balaban J connectivity index is 2.25. The molecule has 0 saturated heterocycles. The third-order valence-corrected chi connectivity index (χ3v) is 3.14. The van der Waals surface area contributed by atoms with Crippen LogP contribution in [0.2, 0.25) is 0 Å². The SMILES string of the molecule is CC(C)CC(Cl)CNCc1cccc(Br)c1. The molecular formula is C13H19BrClN. The van der Waals surface area contributed by atoms with Crippen molar-refractivity contribution in [3.8, 4) is 0 Å². The average molecular weight is 305 g/mol. The molecule has 0 aliphatic heterocycles. The van der Waals surface area contributed by atoms with Crippen molar-refractivity contribution in [3.63, 3.8) is 0 Å². The highest BCUT2D eigenvalue weighted by Crippen LogP contribution is 2.12. The minimum atomic E-state index is 0.229. The van der Waals surface area contributed by atoms with E-state index in [0.29, 0.717) is 5.92 Å². The third kappa shape index (κ3) is 5.88. The fourth-order valence-corrected chi connectivity index (χ4v) is 2.53. The maximum Gasteiger partial charge on any atom is 0.0463 e. The van der Waals surface area contributed by atoms with E-state index in [4.69, 9.17) is 11.6 Å². The summed E-state index contributed by atoms with van der Waals surface area (Å²) < 4.78 is 1.12. The van der Waals surface area contributed by atoms with Gasteiger partial charge in [-0.15, -0.1) is 11.6 Å². The number of alkyl halides is 1. The molecule has 0 aliphatic rings. The van der Waals surface area contributed by atoms with E-state index in [1.54, 1.807) is 0 Å². The van der Waals surface area contributed by atoms with E-state index in [2.05, 4.69) is 47.2 Å². The zero-order chi connectivity index (χ0) is 12.0. The first kappa shape index (κ1) is 14.0. The Morgan fingerprint density at radius 3 is 2.75 bits per heavy atom. The fourth-order valence-electron chi connectivity index (χ4n) is 1.61. The lowest BCUT2D eigenvalue weighted by Crippen LogP contribution is -2.23. The zero-order valence-electron chi connectivity index (χ0n) is 9.84. The van der Waals surface area contributed by atoms with Crippen LogP contribution in [0.15, 0.2) is 28.7 Å². The van der Waals surface area contributed by atoms with Crippen molar-refractivity contribution in [3.05, 3.63) is 34.3 Å². The van der Waals surface area contributed by atoms with E-state index in [1.807, 2.05) is 12.1 Å². The van der Waals surface area contributed by atoms with Crippen LogP contribution in [-0.2, 0) is 6.54 Å². The summed E-state index contributed by atoms with van der Waals surface area (Å²) in [6.07, 6.45) is 1.06. The van der Waals surface area contributed by atoms with Crippen LogP contribution in [0.3, 0.4) is 0 Å². The molecule has 0 amide bonds. The molecule has 16 heavy (non-hydrogen) atoms. The number of nitrogens with one attached hydrogen (secondary N) is 1. The number of rotatable bonds is 6. The Hall–Kier alpha value is -0.0500. The summed E-state index contributed by atoms with van der Waals surface area (Å²) in [4.78, 5) is 0. The van der Waals surface area contributed by atoms with Crippen LogP contribution >= 0.6 is 27.5 Å². The third-order valence-electron chi connectivity index (χ3n) is 2.31. The van der Waals surface area contributed by atoms with Crippen LogP contribution in [-0.4, -0.2) is 11.9 Å². The van der Waals surface area contributed by atoms with Gasteiger partial charge in [-0.05, 0) is 30.0 Å². The molecule has 90 valence electrons. The first-order valence-electron chi connectivity index (χ1n) is 5.67. The predicted molar refractivity (Wildman–Crippen MR) is 74.9 cm³/mol. The van der Waals surface area contributed by atoms with E-state index in [1.165, 1.54) is 5.56 Å². The average Bonchev–Trinajstić information content (AvgIpc) is 2.16. The van der Waals surface area contributed by atoms with Crippen LogP contribution in [0.5, 0.6) is 0 Å². The number of hydrogen-bond acceptors (Lipinski definition) is 1. The summed E-state index contributed by atoms with van der Waals surface area (Å²) in [5, 5.41) is 3.61. The van der Waals surface area contributed by atoms with E-state index in [-0.39, 0.29) is 5.38 Å². The van der Waals surface area contributed by atoms with Gasteiger partial charge in [-0.2, -0.15) is 0 Å². The Labute approximate surface area is 112 Å². The Morgan fingerprint density at radius 2 is 2.12 bits per heavy atom. The highest BCUT2D eigenvalue weighted by Gasteiger charge is 2.06. The van der Waals surface area contributed by atoms with Crippen molar-refractivity contribution in [1.29, 1.82) is 0 Å². The Morgan fingerprint density at radius 1 is 1.38 bits per heavy atom. The second kappa shape index (κ2) is 7.31. The highest BCUT2D eigenvalue weighted by atomic mass is 79.9. The smallest absolute Gasteiger partial charge is 0.0463 e. The van der Waals surface area contributed by atoms with Gasteiger partial charge in [0.2, 0.25) is 0 Å². The second-order valence-corrected chi connectivity index (χ2v) is 6.02. The number of hydrogen-bond donors (Lipinski definition) is 1. The summed E-state index contributed by atoms with van der Waals surface area (Å²) in [5.41, 5.74) is 1.28. The zero-order valence-corrected chi connectivity index (χ0v) is 12.2.